The summed E-state index contributed by atoms with van der Waals surface area (Å²) in [6.07, 6.45) is 4.45. The van der Waals surface area contributed by atoms with Gasteiger partial charge in [0.05, 0.1) is 19.3 Å². The first-order valence-corrected chi connectivity index (χ1v) is 5.30. The summed E-state index contributed by atoms with van der Waals surface area (Å²) in [5.41, 5.74) is -0.411. The number of rotatable bonds is 2. The molecule has 1 fully saturated rings. The van der Waals surface area contributed by atoms with Crippen molar-refractivity contribution < 1.29 is 9.90 Å². The van der Waals surface area contributed by atoms with E-state index in [1.807, 2.05) is 13.8 Å². The standard InChI is InChI=1S/C11H15N3O2/c1-8(2)11(16)6-14(7-11)10(15)9-5-12-3-4-13-9/h3-5,8,16H,6-7H2,1-2H3. The molecule has 0 spiro atoms. The molecule has 0 unspecified atom stereocenters. The van der Waals surface area contributed by atoms with Crippen molar-refractivity contribution in [3.05, 3.63) is 24.3 Å². The Labute approximate surface area is 94.1 Å². The van der Waals surface area contributed by atoms with Crippen molar-refractivity contribution in [3.63, 3.8) is 0 Å². The first-order valence-electron chi connectivity index (χ1n) is 5.30. The molecule has 0 radical (unpaired) electrons. The van der Waals surface area contributed by atoms with Crippen molar-refractivity contribution in [2.75, 3.05) is 13.1 Å². The summed E-state index contributed by atoms with van der Waals surface area (Å²) in [5, 5.41) is 10.0. The molecule has 0 bridgehead atoms. The smallest absolute Gasteiger partial charge is 0.274 e. The molecule has 86 valence electrons. The second-order valence-corrected chi connectivity index (χ2v) is 4.51. The summed E-state index contributed by atoms with van der Waals surface area (Å²) in [4.78, 5) is 21.2. The molecule has 0 aliphatic carbocycles. The van der Waals surface area contributed by atoms with Gasteiger partial charge in [0.2, 0.25) is 0 Å². The van der Waals surface area contributed by atoms with Crippen LogP contribution in [0.4, 0.5) is 0 Å². The zero-order chi connectivity index (χ0) is 11.8. The SMILES string of the molecule is CC(C)C1(O)CN(C(=O)c2cnccn2)C1. The number of hydrogen-bond acceptors (Lipinski definition) is 4. The molecule has 2 rings (SSSR count). The van der Waals surface area contributed by atoms with Gasteiger partial charge >= 0.3 is 0 Å². The van der Waals surface area contributed by atoms with Crippen LogP contribution in [0.1, 0.15) is 24.3 Å². The van der Waals surface area contributed by atoms with E-state index in [-0.39, 0.29) is 11.8 Å². The lowest BCUT2D eigenvalue weighted by Crippen LogP contribution is -2.66. The van der Waals surface area contributed by atoms with Crippen molar-refractivity contribution in [2.45, 2.75) is 19.4 Å². The van der Waals surface area contributed by atoms with Gasteiger partial charge in [-0.25, -0.2) is 4.98 Å². The highest BCUT2D eigenvalue weighted by Gasteiger charge is 2.46. The fourth-order valence-corrected chi connectivity index (χ4v) is 1.69. The quantitative estimate of drug-likeness (QED) is 0.781. The maximum absolute atomic E-state index is 11.8. The van der Waals surface area contributed by atoms with E-state index in [0.717, 1.165) is 0 Å². The first kappa shape index (κ1) is 11.0. The normalized spacial score (nSPS) is 18.4. The van der Waals surface area contributed by atoms with Crippen molar-refractivity contribution in [3.8, 4) is 0 Å². The van der Waals surface area contributed by atoms with Crippen molar-refractivity contribution in [2.24, 2.45) is 5.92 Å². The van der Waals surface area contributed by atoms with Gasteiger partial charge in [-0.3, -0.25) is 9.78 Å². The second kappa shape index (κ2) is 3.83. The Kier molecular flexibility index (Phi) is 2.63. The lowest BCUT2D eigenvalue weighted by atomic mass is 9.83. The summed E-state index contributed by atoms with van der Waals surface area (Å²) < 4.78 is 0. The summed E-state index contributed by atoms with van der Waals surface area (Å²) >= 11 is 0. The second-order valence-electron chi connectivity index (χ2n) is 4.51. The number of hydrogen-bond donors (Lipinski definition) is 1. The van der Waals surface area contributed by atoms with Gasteiger partial charge in [-0.1, -0.05) is 13.8 Å². The minimum atomic E-state index is -0.738. The summed E-state index contributed by atoms with van der Waals surface area (Å²) in [5.74, 6) is -0.0168. The van der Waals surface area contributed by atoms with E-state index in [1.54, 1.807) is 4.90 Å². The fourth-order valence-electron chi connectivity index (χ4n) is 1.69. The molecule has 0 atom stereocenters. The topological polar surface area (TPSA) is 66.3 Å². The van der Waals surface area contributed by atoms with Gasteiger partial charge in [0.15, 0.2) is 0 Å². The minimum Gasteiger partial charge on any atom is -0.386 e. The Morgan fingerprint density at radius 1 is 1.50 bits per heavy atom. The molecule has 1 saturated heterocycles. The van der Waals surface area contributed by atoms with E-state index in [4.69, 9.17) is 0 Å². The third-order valence-corrected chi connectivity index (χ3v) is 3.07. The molecule has 5 nitrogen and oxygen atoms in total. The van der Waals surface area contributed by atoms with Crippen LogP contribution in [0.25, 0.3) is 0 Å². The molecular weight excluding hydrogens is 206 g/mol. The lowest BCUT2D eigenvalue weighted by molar-refractivity contribution is -0.111. The Morgan fingerprint density at radius 2 is 2.19 bits per heavy atom. The van der Waals surface area contributed by atoms with Gasteiger partial charge in [0.1, 0.15) is 11.3 Å². The Morgan fingerprint density at radius 3 is 2.69 bits per heavy atom. The molecular formula is C11H15N3O2. The summed E-state index contributed by atoms with van der Waals surface area (Å²) in [6.45, 7) is 4.65. The van der Waals surface area contributed by atoms with Crippen LogP contribution < -0.4 is 0 Å². The third kappa shape index (κ3) is 1.78. The average Bonchev–Trinajstić information content (AvgIpc) is 2.25. The van der Waals surface area contributed by atoms with Crippen LogP contribution in [0, 0.1) is 5.92 Å². The van der Waals surface area contributed by atoms with Gasteiger partial charge < -0.3 is 10.0 Å². The van der Waals surface area contributed by atoms with Gasteiger partial charge in [-0.2, -0.15) is 0 Å². The van der Waals surface area contributed by atoms with Crippen molar-refractivity contribution in [1.29, 1.82) is 0 Å². The Bertz CT molecular complexity index is 385. The monoisotopic (exact) mass is 221 g/mol. The van der Waals surface area contributed by atoms with Crippen LogP contribution in [0.2, 0.25) is 0 Å². The number of aromatic nitrogens is 2. The molecule has 5 heteroatoms. The van der Waals surface area contributed by atoms with Crippen LogP contribution >= 0.6 is 0 Å². The first-order chi connectivity index (χ1) is 7.53. The highest BCUT2D eigenvalue weighted by atomic mass is 16.3. The van der Waals surface area contributed by atoms with Crippen LogP contribution in [0.3, 0.4) is 0 Å². The van der Waals surface area contributed by atoms with E-state index < -0.39 is 5.60 Å². The third-order valence-electron chi connectivity index (χ3n) is 3.07. The maximum atomic E-state index is 11.8. The Hall–Kier alpha value is -1.49. The van der Waals surface area contributed by atoms with E-state index in [2.05, 4.69) is 9.97 Å². The van der Waals surface area contributed by atoms with E-state index in [0.29, 0.717) is 18.8 Å². The summed E-state index contributed by atoms with van der Waals surface area (Å²) in [6, 6.07) is 0. The van der Waals surface area contributed by atoms with Gasteiger partial charge in [-0.05, 0) is 5.92 Å². The number of amides is 1. The van der Waals surface area contributed by atoms with E-state index >= 15 is 0 Å². The predicted octanol–water partition coefficient (Wildman–Crippen LogP) is 0.319. The highest BCUT2D eigenvalue weighted by molar-refractivity contribution is 5.92. The Balaban J connectivity index is 2.01. The number of nitrogens with zero attached hydrogens (tertiary/aromatic N) is 3. The zero-order valence-electron chi connectivity index (χ0n) is 9.42. The molecule has 1 aromatic rings. The number of carbonyl (C=O) groups is 1. The van der Waals surface area contributed by atoms with Crippen molar-refractivity contribution >= 4 is 5.91 Å². The molecule has 1 aliphatic rings. The molecule has 1 aliphatic heterocycles. The predicted molar refractivity (Wildman–Crippen MR) is 57.7 cm³/mol. The number of β-amino-alcohol motifs (C(OH)–C–C–N with tert-alkyl or cyclic N) is 1. The molecule has 1 aromatic heterocycles. The minimum absolute atomic E-state index is 0.151. The lowest BCUT2D eigenvalue weighted by Gasteiger charge is -2.48. The van der Waals surface area contributed by atoms with Crippen LogP contribution in [-0.4, -0.2) is 44.6 Å². The summed E-state index contributed by atoms with van der Waals surface area (Å²) in [7, 11) is 0. The molecule has 1 amide bonds. The molecule has 2 heterocycles. The number of likely N-dealkylation sites (tertiary alicyclic amines) is 1. The molecule has 0 saturated carbocycles. The molecule has 0 aromatic carbocycles. The zero-order valence-corrected chi connectivity index (χ0v) is 9.42. The van der Waals surface area contributed by atoms with Crippen LogP contribution in [0.5, 0.6) is 0 Å². The number of carbonyl (C=O) groups excluding carboxylic acids is 1. The largest absolute Gasteiger partial charge is 0.386 e. The van der Waals surface area contributed by atoms with Crippen LogP contribution in [0.15, 0.2) is 18.6 Å². The van der Waals surface area contributed by atoms with Gasteiger partial charge in [0, 0.05) is 12.4 Å². The maximum Gasteiger partial charge on any atom is 0.274 e. The van der Waals surface area contributed by atoms with Crippen molar-refractivity contribution in [1.82, 2.24) is 14.9 Å². The molecule has 16 heavy (non-hydrogen) atoms. The van der Waals surface area contributed by atoms with Gasteiger partial charge in [-0.15, -0.1) is 0 Å². The fraction of sp³-hybridized carbons (Fsp3) is 0.545. The average molecular weight is 221 g/mol. The number of aliphatic hydroxyl groups is 1. The highest BCUT2D eigenvalue weighted by Crippen LogP contribution is 2.29. The van der Waals surface area contributed by atoms with Crippen LogP contribution in [-0.2, 0) is 0 Å². The van der Waals surface area contributed by atoms with E-state index in [9.17, 15) is 9.90 Å². The van der Waals surface area contributed by atoms with E-state index in [1.165, 1.54) is 18.6 Å². The molecule has 1 N–H and O–H groups in total. The van der Waals surface area contributed by atoms with Gasteiger partial charge in [0.25, 0.3) is 5.91 Å².